The number of pyridine rings is 1. The summed E-state index contributed by atoms with van der Waals surface area (Å²) in [6, 6.07) is 101. The minimum Gasteiger partial charge on any atom is -0.247 e. The van der Waals surface area contributed by atoms with Gasteiger partial charge in [0, 0.05) is 16.3 Å². The van der Waals surface area contributed by atoms with E-state index in [1.165, 1.54) is 109 Å². The first-order valence-corrected chi connectivity index (χ1v) is 25.4. The number of rotatable bonds is 6. The van der Waals surface area contributed by atoms with Gasteiger partial charge >= 0.3 is 0 Å². The van der Waals surface area contributed by atoms with E-state index in [4.69, 9.17) is 4.98 Å². The lowest BCUT2D eigenvalue weighted by Gasteiger charge is -2.34. The standard InChI is InChI=1S/C72H45N/c1-3-24-55(25-4-1)72(56-26-5-2-6-27-56)64-32-15-13-31-62(64)69-65(72)41-40-60-57-28-14-16-33-66(57)73-71(70(60)69)54-23-17-22-50(44-54)51-38-39-61-63(45-51)68(53-37-35-47-19-8-10-21-49(47)43-53)59-30-12-11-29-58(59)67(61)52-36-34-46-18-7-9-20-48(46)42-52/h1-45H. The van der Waals surface area contributed by atoms with Gasteiger partial charge in [0.2, 0.25) is 0 Å². The fraction of sp³-hybridized carbons (Fsp3) is 0.0139. The van der Waals surface area contributed by atoms with Gasteiger partial charge in [0.15, 0.2) is 0 Å². The van der Waals surface area contributed by atoms with Crippen molar-refractivity contribution >= 4 is 64.8 Å². The highest BCUT2D eigenvalue weighted by Crippen LogP contribution is 2.59. The van der Waals surface area contributed by atoms with Crippen molar-refractivity contribution in [1.82, 2.24) is 4.98 Å². The molecule has 0 bridgehead atoms. The van der Waals surface area contributed by atoms with Crippen LogP contribution in [0.3, 0.4) is 0 Å². The van der Waals surface area contributed by atoms with Gasteiger partial charge in [-0.15, -0.1) is 0 Å². The largest absolute Gasteiger partial charge is 0.247 e. The van der Waals surface area contributed by atoms with Crippen LogP contribution in [0.25, 0.3) is 121 Å². The van der Waals surface area contributed by atoms with Gasteiger partial charge in [-0.25, -0.2) is 4.98 Å². The van der Waals surface area contributed by atoms with Gasteiger partial charge in [-0.2, -0.15) is 0 Å². The number of benzene rings is 13. The van der Waals surface area contributed by atoms with Crippen molar-refractivity contribution in [2.24, 2.45) is 0 Å². The average molecular weight is 924 g/mol. The molecule has 0 fully saturated rings. The highest BCUT2D eigenvalue weighted by atomic mass is 14.7. The molecule has 338 valence electrons. The monoisotopic (exact) mass is 923 g/mol. The summed E-state index contributed by atoms with van der Waals surface area (Å²) in [5.74, 6) is 0. The molecular weight excluding hydrogens is 879 g/mol. The smallest absolute Gasteiger partial charge is 0.0794 e. The van der Waals surface area contributed by atoms with Crippen molar-refractivity contribution in [3.05, 3.63) is 295 Å². The molecule has 0 N–H and O–H groups in total. The molecule has 1 aromatic heterocycles. The molecule has 0 atom stereocenters. The highest BCUT2D eigenvalue weighted by Gasteiger charge is 2.47. The predicted octanol–water partition coefficient (Wildman–Crippen LogP) is 19.0. The molecule has 1 heterocycles. The fourth-order valence-corrected chi connectivity index (χ4v) is 12.7. The molecule has 1 nitrogen and oxygen atoms in total. The lowest BCUT2D eigenvalue weighted by molar-refractivity contribution is 0.769. The van der Waals surface area contributed by atoms with E-state index >= 15 is 0 Å². The molecule has 0 spiro atoms. The number of fused-ring (bicyclic) bond motifs is 11. The van der Waals surface area contributed by atoms with E-state index in [1.54, 1.807) is 0 Å². The third kappa shape index (κ3) is 6.25. The summed E-state index contributed by atoms with van der Waals surface area (Å²) in [4.78, 5) is 5.68. The Morgan fingerprint density at radius 3 is 1.45 bits per heavy atom. The van der Waals surface area contributed by atoms with Crippen LogP contribution >= 0.6 is 0 Å². The van der Waals surface area contributed by atoms with Crippen LogP contribution in [0.1, 0.15) is 22.3 Å². The molecule has 1 aliphatic rings. The van der Waals surface area contributed by atoms with Crippen LogP contribution < -0.4 is 0 Å². The molecule has 0 saturated carbocycles. The molecule has 0 aliphatic heterocycles. The molecule has 73 heavy (non-hydrogen) atoms. The van der Waals surface area contributed by atoms with Crippen molar-refractivity contribution in [3.63, 3.8) is 0 Å². The Balaban J connectivity index is 0.993. The van der Waals surface area contributed by atoms with Crippen molar-refractivity contribution < 1.29 is 0 Å². The van der Waals surface area contributed by atoms with E-state index in [2.05, 4.69) is 273 Å². The first-order chi connectivity index (χ1) is 36.2. The van der Waals surface area contributed by atoms with Gasteiger partial charge in [-0.05, 0) is 146 Å². The summed E-state index contributed by atoms with van der Waals surface area (Å²) < 4.78 is 0. The van der Waals surface area contributed by atoms with Crippen molar-refractivity contribution in [2.75, 3.05) is 0 Å². The molecule has 0 radical (unpaired) electrons. The Labute approximate surface area is 423 Å². The zero-order valence-corrected chi connectivity index (χ0v) is 39.9. The summed E-state index contributed by atoms with van der Waals surface area (Å²) >= 11 is 0. The number of nitrogens with zero attached hydrogens (tertiary/aromatic N) is 1. The second-order valence-corrected chi connectivity index (χ2v) is 19.7. The summed E-state index contributed by atoms with van der Waals surface area (Å²) in [5, 5.41) is 13.4. The zero-order chi connectivity index (χ0) is 48.0. The van der Waals surface area contributed by atoms with Gasteiger partial charge in [0.1, 0.15) is 0 Å². The lowest BCUT2D eigenvalue weighted by Crippen LogP contribution is -2.28. The van der Waals surface area contributed by atoms with Crippen LogP contribution in [-0.4, -0.2) is 4.98 Å². The normalized spacial score (nSPS) is 12.8. The van der Waals surface area contributed by atoms with E-state index in [-0.39, 0.29) is 0 Å². The highest BCUT2D eigenvalue weighted by molar-refractivity contribution is 6.23. The summed E-state index contributed by atoms with van der Waals surface area (Å²) in [6.45, 7) is 0. The second-order valence-electron chi connectivity index (χ2n) is 19.7. The molecule has 0 amide bonds. The Hall–Kier alpha value is -9.43. The van der Waals surface area contributed by atoms with E-state index in [9.17, 15) is 0 Å². The van der Waals surface area contributed by atoms with Crippen molar-refractivity contribution in [2.45, 2.75) is 5.41 Å². The topological polar surface area (TPSA) is 12.9 Å². The quantitative estimate of drug-likeness (QED) is 0.120. The van der Waals surface area contributed by atoms with E-state index in [0.29, 0.717) is 0 Å². The van der Waals surface area contributed by atoms with Gasteiger partial charge < -0.3 is 0 Å². The maximum atomic E-state index is 5.68. The number of hydrogen-bond donors (Lipinski definition) is 0. The Morgan fingerprint density at radius 1 is 0.260 bits per heavy atom. The third-order valence-corrected chi connectivity index (χ3v) is 15.9. The third-order valence-electron chi connectivity index (χ3n) is 15.9. The number of hydrogen-bond acceptors (Lipinski definition) is 1. The average Bonchev–Trinajstić information content (AvgIpc) is 3.78. The van der Waals surface area contributed by atoms with E-state index < -0.39 is 5.41 Å². The SMILES string of the molecule is c1ccc(C2(c3ccccc3)c3ccccc3-c3c2ccc2c3c(-c3cccc(-c4ccc5c(-c6ccc7ccccc7c6)c6ccccc6c(-c6ccc7ccccc7c6)c5c4)c3)nc3ccccc32)cc1. The minimum atomic E-state index is -0.531. The first-order valence-electron chi connectivity index (χ1n) is 25.4. The molecule has 13 aromatic carbocycles. The summed E-state index contributed by atoms with van der Waals surface area (Å²) in [6.07, 6.45) is 0. The van der Waals surface area contributed by atoms with Gasteiger partial charge in [-0.1, -0.05) is 243 Å². The van der Waals surface area contributed by atoms with Crippen molar-refractivity contribution in [1.29, 1.82) is 0 Å². The molecule has 15 rings (SSSR count). The van der Waals surface area contributed by atoms with Gasteiger partial charge in [0.25, 0.3) is 0 Å². The van der Waals surface area contributed by atoms with Gasteiger partial charge in [-0.3, -0.25) is 0 Å². The van der Waals surface area contributed by atoms with Crippen molar-refractivity contribution in [3.8, 4) is 55.8 Å². The Bertz CT molecular complexity index is 4510. The van der Waals surface area contributed by atoms with Gasteiger partial charge in [0.05, 0.1) is 16.6 Å². The van der Waals surface area contributed by atoms with Crippen LogP contribution in [0.4, 0.5) is 0 Å². The Kier molecular flexibility index (Phi) is 9.24. The fourth-order valence-electron chi connectivity index (χ4n) is 12.7. The molecule has 1 heteroatoms. The molecule has 0 saturated heterocycles. The predicted molar refractivity (Wildman–Crippen MR) is 308 cm³/mol. The Morgan fingerprint density at radius 2 is 0.767 bits per heavy atom. The lowest BCUT2D eigenvalue weighted by atomic mass is 9.67. The summed E-state index contributed by atoms with van der Waals surface area (Å²) in [5.41, 5.74) is 17.3. The maximum Gasteiger partial charge on any atom is 0.0794 e. The van der Waals surface area contributed by atoms with Crippen LogP contribution in [0.2, 0.25) is 0 Å². The van der Waals surface area contributed by atoms with E-state index in [1.807, 2.05) is 0 Å². The van der Waals surface area contributed by atoms with E-state index in [0.717, 1.165) is 33.3 Å². The number of aromatic nitrogens is 1. The summed E-state index contributed by atoms with van der Waals surface area (Å²) in [7, 11) is 0. The number of para-hydroxylation sites is 1. The maximum absolute atomic E-state index is 5.68. The van der Waals surface area contributed by atoms with Crippen LogP contribution in [0.5, 0.6) is 0 Å². The zero-order valence-electron chi connectivity index (χ0n) is 39.9. The first kappa shape index (κ1) is 41.4. The van der Waals surface area contributed by atoms with Crippen LogP contribution in [-0.2, 0) is 5.41 Å². The van der Waals surface area contributed by atoms with Crippen LogP contribution in [0.15, 0.2) is 273 Å². The molecule has 1 aliphatic carbocycles. The van der Waals surface area contributed by atoms with Crippen LogP contribution in [0, 0.1) is 0 Å². The molecule has 0 unspecified atom stereocenters. The second kappa shape index (κ2) is 16.3. The molecule has 14 aromatic rings. The molecular formula is C72H45N. The minimum absolute atomic E-state index is 0.531.